The van der Waals surface area contributed by atoms with Crippen LogP contribution in [0.15, 0.2) is 30.3 Å². The molecule has 1 aliphatic heterocycles. The van der Waals surface area contributed by atoms with Crippen molar-refractivity contribution in [3.63, 3.8) is 0 Å². The summed E-state index contributed by atoms with van der Waals surface area (Å²) < 4.78 is 0. The molecule has 98 valence electrons. The van der Waals surface area contributed by atoms with Gasteiger partial charge in [-0.3, -0.25) is 9.69 Å². The van der Waals surface area contributed by atoms with Crippen molar-refractivity contribution in [1.82, 2.24) is 4.90 Å². The van der Waals surface area contributed by atoms with Crippen LogP contribution in [-0.2, 0) is 11.3 Å². The van der Waals surface area contributed by atoms with Crippen molar-refractivity contribution in [1.29, 1.82) is 0 Å². The SMILES string of the molecule is NCCC1CN(Cc2ccccc2)CCCC1=O. The highest BCUT2D eigenvalue weighted by molar-refractivity contribution is 5.81. The van der Waals surface area contributed by atoms with Crippen LogP contribution in [0.1, 0.15) is 24.8 Å². The number of ketones is 1. The molecule has 0 bridgehead atoms. The zero-order valence-electron chi connectivity index (χ0n) is 10.8. The number of carbonyl (C=O) groups excluding carboxylic acids is 1. The molecular formula is C15H22N2O. The summed E-state index contributed by atoms with van der Waals surface area (Å²) in [6.07, 6.45) is 2.52. The third-order valence-corrected chi connectivity index (χ3v) is 3.60. The van der Waals surface area contributed by atoms with E-state index in [0.29, 0.717) is 12.3 Å². The van der Waals surface area contributed by atoms with Crippen molar-refractivity contribution in [3.05, 3.63) is 35.9 Å². The summed E-state index contributed by atoms with van der Waals surface area (Å²) in [4.78, 5) is 14.3. The summed E-state index contributed by atoms with van der Waals surface area (Å²) in [6, 6.07) is 10.5. The first kappa shape index (κ1) is 13.2. The molecule has 2 rings (SSSR count). The summed E-state index contributed by atoms with van der Waals surface area (Å²) in [5.41, 5.74) is 6.92. The number of benzene rings is 1. The Hall–Kier alpha value is -1.19. The van der Waals surface area contributed by atoms with E-state index in [2.05, 4.69) is 29.2 Å². The highest BCUT2D eigenvalue weighted by Crippen LogP contribution is 2.17. The lowest BCUT2D eigenvalue weighted by Crippen LogP contribution is -2.31. The molecule has 1 saturated heterocycles. The van der Waals surface area contributed by atoms with Gasteiger partial charge in [0.2, 0.25) is 0 Å². The molecule has 1 heterocycles. The monoisotopic (exact) mass is 246 g/mol. The maximum Gasteiger partial charge on any atom is 0.137 e. The predicted molar refractivity (Wildman–Crippen MR) is 73.1 cm³/mol. The molecule has 0 amide bonds. The van der Waals surface area contributed by atoms with Gasteiger partial charge < -0.3 is 5.73 Å². The van der Waals surface area contributed by atoms with Gasteiger partial charge >= 0.3 is 0 Å². The molecule has 0 aromatic heterocycles. The van der Waals surface area contributed by atoms with E-state index >= 15 is 0 Å². The molecule has 3 nitrogen and oxygen atoms in total. The minimum Gasteiger partial charge on any atom is -0.330 e. The fourth-order valence-corrected chi connectivity index (χ4v) is 2.62. The van der Waals surface area contributed by atoms with Crippen molar-refractivity contribution in [2.75, 3.05) is 19.6 Å². The Bertz CT molecular complexity index is 377. The second kappa shape index (κ2) is 6.66. The smallest absolute Gasteiger partial charge is 0.137 e. The number of nitrogens with two attached hydrogens (primary N) is 1. The molecule has 0 spiro atoms. The Labute approximate surface area is 109 Å². The second-order valence-electron chi connectivity index (χ2n) is 5.06. The minimum atomic E-state index is 0.140. The first-order valence-corrected chi connectivity index (χ1v) is 6.78. The molecule has 2 N–H and O–H groups in total. The van der Waals surface area contributed by atoms with Gasteiger partial charge in [0.1, 0.15) is 5.78 Å². The average molecular weight is 246 g/mol. The third-order valence-electron chi connectivity index (χ3n) is 3.60. The van der Waals surface area contributed by atoms with Crippen LogP contribution >= 0.6 is 0 Å². The van der Waals surface area contributed by atoms with Gasteiger partial charge in [0, 0.05) is 25.4 Å². The van der Waals surface area contributed by atoms with Crippen molar-refractivity contribution in [2.45, 2.75) is 25.8 Å². The van der Waals surface area contributed by atoms with Crippen LogP contribution in [0.4, 0.5) is 0 Å². The molecule has 1 aliphatic rings. The minimum absolute atomic E-state index is 0.140. The van der Waals surface area contributed by atoms with Crippen LogP contribution in [0.25, 0.3) is 0 Å². The van der Waals surface area contributed by atoms with E-state index in [9.17, 15) is 4.79 Å². The maximum absolute atomic E-state index is 11.9. The van der Waals surface area contributed by atoms with Crippen molar-refractivity contribution < 1.29 is 4.79 Å². The standard InChI is InChI=1S/C15H22N2O/c16-9-8-14-12-17(10-4-7-15(14)18)11-13-5-2-1-3-6-13/h1-3,5-6,14H,4,7-12,16H2. The van der Waals surface area contributed by atoms with Gasteiger partial charge in [0.15, 0.2) is 0 Å². The Morgan fingerprint density at radius 3 is 2.78 bits per heavy atom. The molecule has 1 unspecified atom stereocenters. The predicted octanol–water partition coefficient (Wildman–Crippen LogP) is 1.82. The van der Waals surface area contributed by atoms with Gasteiger partial charge in [0.25, 0.3) is 0 Å². The molecule has 1 atom stereocenters. The van der Waals surface area contributed by atoms with Gasteiger partial charge in [-0.25, -0.2) is 0 Å². The van der Waals surface area contributed by atoms with Crippen LogP contribution in [0, 0.1) is 5.92 Å². The number of likely N-dealkylation sites (tertiary alicyclic amines) is 1. The normalized spacial score (nSPS) is 21.8. The Balaban J connectivity index is 1.97. The maximum atomic E-state index is 11.9. The lowest BCUT2D eigenvalue weighted by atomic mass is 9.98. The number of hydrogen-bond acceptors (Lipinski definition) is 3. The van der Waals surface area contributed by atoms with E-state index in [4.69, 9.17) is 5.73 Å². The summed E-state index contributed by atoms with van der Waals surface area (Å²) in [6.45, 7) is 3.43. The molecule has 0 saturated carbocycles. The Kier molecular flexibility index (Phi) is 4.90. The number of Topliss-reactive ketones (excluding diaryl/α,β-unsaturated/α-hetero) is 1. The van der Waals surface area contributed by atoms with Crippen LogP contribution in [-0.4, -0.2) is 30.3 Å². The summed E-state index contributed by atoms with van der Waals surface area (Å²) in [5.74, 6) is 0.539. The first-order valence-electron chi connectivity index (χ1n) is 6.78. The molecule has 1 aromatic rings. The molecule has 1 fully saturated rings. The second-order valence-corrected chi connectivity index (χ2v) is 5.06. The van der Waals surface area contributed by atoms with Crippen LogP contribution < -0.4 is 5.73 Å². The topological polar surface area (TPSA) is 46.3 Å². The fourth-order valence-electron chi connectivity index (χ4n) is 2.62. The zero-order chi connectivity index (χ0) is 12.8. The average Bonchev–Trinajstić information content (AvgIpc) is 2.54. The van der Waals surface area contributed by atoms with E-state index in [-0.39, 0.29) is 5.92 Å². The van der Waals surface area contributed by atoms with E-state index in [0.717, 1.165) is 38.9 Å². The number of nitrogens with zero attached hydrogens (tertiary/aromatic N) is 1. The summed E-state index contributed by atoms with van der Waals surface area (Å²) >= 11 is 0. The number of hydrogen-bond donors (Lipinski definition) is 1. The van der Waals surface area contributed by atoms with Crippen molar-refractivity contribution >= 4 is 5.78 Å². The molecule has 0 aliphatic carbocycles. The van der Waals surface area contributed by atoms with Crippen molar-refractivity contribution in [2.24, 2.45) is 11.7 Å². The van der Waals surface area contributed by atoms with E-state index in [1.54, 1.807) is 0 Å². The molecular weight excluding hydrogens is 224 g/mol. The molecule has 1 aromatic carbocycles. The van der Waals surface area contributed by atoms with Gasteiger partial charge in [-0.15, -0.1) is 0 Å². The van der Waals surface area contributed by atoms with E-state index in [1.165, 1.54) is 5.56 Å². The third kappa shape index (κ3) is 3.65. The lowest BCUT2D eigenvalue weighted by Gasteiger charge is -2.23. The lowest BCUT2D eigenvalue weighted by molar-refractivity contribution is -0.122. The number of rotatable bonds is 4. The fraction of sp³-hybridized carbons (Fsp3) is 0.533. The summed E-state index contributed by atoms with van der Waals surface area (Å²) in [7, 11) is 0. The summed E-state index contributed by atoms with van der Waals surface area (Å²) in [5, 5.41) is 0. The largest absolute Gasteiger partial charge is 0.330 e. The van der Waals surface area contributed by atoms with Crippen LogP contribution in [0.2, 0.25) is 0 Å². The quantitative estimate of drug-likeness (QED) is 0.881. The van der Waals surface area contributed by atoms with Gasteiger partial charge in [-0.05, 0) is 31.5 Å². The van der Waals surface area contributed by atoms with Gasteiger partial charge in [-0.2, -0.15) is 0 Å². The van der Waals surface area contributed by atoms with Gasteiger partial charge in [-0.1, -0.05) is 30.3 Å². The zero-order valence-corrected chi connectivity index (χ0v) is 10.8. The van der Waals surface area contributed by atoms with Gasteiger partial charge in [0.05, 0.1) is 0 Å². The van der Waals surface area contributed by atoms with E-state index in [1.807, 2.05) is 6.07 Å². The Morgan fingerprint density at radius 1 is 1.28 bits per heavy atom. The molecule has 3 heteroatoms. The van der Waals surface area contributed by atoms with Crippen molar-refractivity contribution in [3.8, 4) is 0 Å². The highest BCUT2D eigenvalue weighted by Gasteiger charge is 2.24. The van der Waals surface area contributed by atoms with E-state index < -0.39 is 0 Å². The van der Waals surface area contributed by atoms with Crippen LogP contribution in [0.3, 0.4) is 0 Å². The first-order chi connectivity index (χ1) is 8.79. The molecule has 0 radical (unpaired) electrons. The highest BCUT2D eigenvalue weighted by atomic mass is 16.1. The Morgan fingerprint density at radius 2 is 2.06 bits per heavy atom. The number of carbonyl (C=O) groups is 1. The van der Waals surface area contributed by atoms with Crippen LogP contribution in [0.5, 0.6) is 0 Å². The molecule has 18 heavy (non-hydrogen) atoms.